The van der Waals surface area contributed by atoms with E-state index in [9.17, 15) is 0 Å². The first-order valence-corrected chi connectivity index (χ1v) is 6.56. The molecule has 1 aromatic carbocycles. The fourth-order valence-corrected chi connectivity index (χ4v) is 2.86. The Balaban J connectivity index is 2.05. The van der Waals surface area contributed by atoms with Gasteiger partial charge >= 0.3 is 0 Å². The van der Waals surface area contributed by atoms with Gasteiger partial charge in [0.15, 0.2) is 0 Å². The van der Waals surface area contributed by atoms with Crippen molar-refractivity contribution in [2.24, 2.45) is 11.7 Å². The van der Waals surface area contributed by atoms with E-state index in [1.807, 2.05) is 0 Å². The number of halogens is 1. The van der Waals surface area contributed by atoms with E-state index >= 15 is 0 Å². The number of hydrogen-bond donors (Lipinski definition) is 1. The van der Waals surface area contributed by atoms with Crippen molar-refractivity contribution in [2.45, 2.75) is 32.1 Å². The molecule has 0 aromatic heterocycles. The molecule has 2 heteroatoms. The molecule has 0 amide bonds. The Labute approximate surface area is 100 Å². The third-order valence-electron chi connectivity index (χ3n) is 3.32. The fraction of sp³-hybridized carbons (Fsp3) is 0.538. The molecule has 0 spiro atoms. The summed E-state index contributed by atoms with van der Waals surface area (Å²) in [6, 6.07) is 6.70. The van der Waals surface area contributed by atoms with Gasteiger partial charge in [-0.1, -0.05) is 22.0 Å². The maximum Gasteiger partial charge on any atom is 0.0178 e. The van der Waals surface area contributed by atoms with Gasteiger partial charge in [0.2, 0.25) is 0 Å². The van der Waals surface area contributed by atoms with E-state index in [4.69, 9.17) is 5.73 Å². The average molecular weight is 268 g/mol. The Morgan fingerprint density at radius 3 is 3.00 bits per heavy atom. The van der Waals surface area contributed by atoms with Crippen LogP contribution in [0.25, 0.3) is 0 Å². The Kier molecular flexibility index (Phi) is 3.81. The van der Waals surface area contributed by atoms with Crippen LogP contribution in [0, 0.1) is 5.92 Å². The molecule has 82 valence electrons. The van der Waals surface area contributed by atoms with Crippen LogP contribution in [0.3, 0.4) is 0 Å². The van der Waals surface area contributed by atoms with Gasteiger partial charge < -0.3 is 5.73 Å². The molecule has 0 fully saturated rings. The molecule has 1 unspecified atom stereocenters. The summed E-state index contributed by atoms with van der Waals surface area (Å²) in [4.78, 5) is 0. The molecule has 15 heavy (non-hydrogen) atoms. The minimum absolute atomic E-state index is 0.835. The SMILES string of the molecule is NCCCC1CCc2ccc(Br)cc2C1. The van der Waals surface area contributed by atoms with Crippen molar-refractivity contribution in [1.82, 2.24) is 0 Å². The molecule has 1 aliphatic rings. The van der Waals surface area contributed by atoms with E-state index in [2.05, 4.69) is 34.1 Å². The lowest BCUT2D eigenvalue weighted by Crippen LogP contribution is -2.15. The molecule has 2 N–H and O–H groups in total. The molecular weight excluding hydrogens is 250 g/mol. The molecule has 1 aromatic rings. The smallest absolute Gasteiger partial charge is 0.0178 e. The maximum atomic E-state index is 5.56. The number of nitrogens with two attached hydrogens (primary N) is 1. The standard InChI is InChI=1S/C13H18BrN/c14-13-6-5-11-4-3-10(2-1-7-15)8-12(11)9-13/h5-6,9-10H,1-4,7-8,15H2. The van der Waals surface area contributed by atoms with Gasteiger partial charge in [0.05, 0.1) is 0 Å². The second-order valence-corrected chi connectivity index (χ2v) is 5.37. The van der Waals surface area contributed by atoms with E-state index in [1.165, 1.54) is 42.1 Å². The van der Waals surface area contributed by atoms with Crippen molar-refractivity contribution >= 4 is 15.9 Å². The minimum Gasteiger partial charge on any atom is -0.330 e. The number of hydrogen-bond acceptors (Lipinski definition) is 1. The first-order chi connectivity index (χ1) is 7.29. The Bertz CT molecular complexity index is 335. The molecule has 0 saturated carbocycles. The van der Waals surface area contributed by atoms with Gasteiger partial charge in [-0.3, -0.25) is 0 Å². The predicted molar refractivity (Wildman–Crippen MR) is 67.9 cm³/mol. The lowest BCUT2D eigenvalue weighted by atomic mass is 9.82. The Hall–Kier alpha value is -0.340. The predicted octanol–water partition coefficient (Wildman–Crippen LogP) is 3.29. The van der Waals surface area contributed by atoms with Gasteiger partial charge in [0, 0.05) is 4.47 Å². The molecule has 0 heterocycles. The van der Waals surface area contributed by atoms with Crippen molar-refractivity contribution < 1.29 is 0 Å². The van der Waals surface area contributed by atoms with E-state index < -0.39 is 0 Å². The number of aryl methyl sites for hydroxylation is 1. The number of rotatable bonds is 3. The third-order valence-corrected chi connectivity index (χ3v) is 3.81. The van der Waals surface area contributed by atoms with E-state index in [0.29, 0.717) is 0 Å². The quantitative estimate of drug-likeness (QED) is 0.894. The summed E-state index contributed by atoms with van der Waals surface area (Å²) in [5, 5.41) is 0. The highest BCUT2D eigenvalue weighted by atomic mass is 79.9. The van der Waals surface area contributed by atoms with Crippen LogP contribution in [-0.2, 0) is 12.8 Å². The molecule has 1 atom stereocenters. The second kappa shape index (κ2) is 5.13. The van der Waals surface area contributed by atoms with Crippen molar-refractivity contribution in [3.05, 3.63) is 33.8 Å². The van der Waals surface area contributed by atoms with Gasteiger partial charge in [-0.2, -0.15) is 0 Å². The van der Waals surface area contributed by atoms with Crippen LogP contribution in [0.15, 0.2) is 22.7 Å². The molecule has 1 aliphatic carbocycles. The van der Waals surface area contributed by atoms with Crippen molar-refractivity contribution in [1.29, 1.82) is 0 Å². The first kappa shape index (κ1) is 11.2. The first-order valence-electron chi connectivity index (χ1n) is 5.77. The number of fused-ring (bicyclic) bond motifs is 1. The lowest BCUT2D eigenvalue weighted by Gasteiger charge is -2.24. The topological polar surface area (TPSA) is 26.0 Å². The van der Waals surface area contributed by atoms with Crippen LogP contribution in [0.1, 0.15) is 30.4 Å². The van der Waals surface area contributed by atoms with Crippen molar-refractivity contribution in [3.63, 3.8) is 0 Å². The molecule has 0 saturated heterocycles. The van der Waals surface area contributed by atoms with E-state index in [-0.39, 0.29) is 0 Å². The van der Waals surface area contributed by atoms with Gasteiger partial charge in [-0.05, 0) is 67.8 Å². The third kappa shape index (κ3) is 2.82. The highest BCUT2D eigenvalue weighted by Crippen LogP contribution is 2.30. The van der Waals surface area contributed by atoms with Crippen LogP contribution >= 0.6 is 15.9 Å². The monoisotopic (exact) mass is 267 g/mol. The summed E-state index contributed by atoms with van der Waals surface area (Å²) in [5.74, 6) is 0.857. The summed E-state index contributed by atoms with van der Waals surface area (Å²) < 4.78 is 1.21. The van der Waals surface area contributed by atoms with Crippen molar-refractivity contribution in [3.8, 4) is 0 Å². The second-order valence-electron chi connectivity index (χ2n) is 4.45. The summed E-state index contributed by atoms with van der Waals surface area (Å²) in [6.07, 6.45) is 6.30. The van der Waals surface area contributed by atoms with Gasteiger partial charge in [0.1, 0.15) is 0 Å². The zero-order chi connectivity index (χ0) is 10.7. The number of benzene rings is 1. The molecule has 0 aliphatic heterocycles. The summed E-state index contributed by atoms with van der Waals surface area (Å²) in [7, 11) is 0. The van der Waals surface area contributed by atoms with Crippen LogP contribution in [-0.4, -0.2) is 6.54 Å². The molecule has 2 rings (SSSR count). The summed E-state index contributed by atoms with van der Waals surface area (Å²) in [5.41, 5.74) is 8.64. The Morgan fingerprint density at radius 1 is 1.33 bits per heavy atom. The fourth-order valence-electron chi connectivity index (χ4n) is 2.45. The van der Waals surface area contributed by atoms with Gasteiger partial charge in [-0.25, -0.2) is 0 Å². The molecule has 1 nitrogen and oxygen atoms in total. The summed E-state index contributed by atoms with van der Waals surface area (Å²) in [6.45, 7) is 0.835. The lowest BCUT2D eigenvalue weighted by molar-refractivity contribution is 0.417. The largest absolute Gasteiger partial charge is 0.330 e. The van der Waals surface area contributed by atoms with E-state index in [1.54, 1.807) is 5.56 Å². The van der Waals surface area contributed by atoms with Crippen LogP contribution in [0.2, 0.25) is 0 Å². The average Bonchev–Trinajstić information content (AvgIpc) is 2.25. The highest BCUT2D eigenvalue weighted by molar-refractivity contribution is 9.10. The maximum absolute atomic E-state index is 5.56. The molecule has 0 radical (unpaired) electrons. The zero-order valence-electron chi connectivity index (χ0n) is 9.01. The van der Waals surface area contributed by atoms with Crippen LogP contribution in [0.5, 0.6) is 0 Å². The van der Waals surface area contributed by atoms with E-state index in [0.717, 1.165) is 12.5 Å². The molecular formula is C13H18BrN. The normalized spacial score (nSPS) is 20.0. The molecule has 0 bridgehead atoms. The summed E-state index contributed by atoms with van der Waals surface area (Å²) >= 11 is 3.54. The highest BCUT2D eigenvalue weighted by Gasteiger charge is 2.17. The van der Waals surface area contributed by atoms with Crippen LogP contribution in [0.4, 0.5) is 0 Å². The Morgan fingerprint density at radius 2 is 2.20 bits per heavy atom. The van der Waals surface area contributed by atoms with Crippen molar-refractivity contribution in [2.75, 3.05) is 6.54 Å². The van der Waals surface area contributed by atoms with Gasteiger partial charge in [-0.15, -0.1) is 0 Å². The van der Waals surface area contributed by atoms with Gasteiger partial charge in [0.25, 0.3) is 0 Å². The minimum atomic E-state index is 0.835. The zero-order valence-corrected chi connectivity index (χ0v) is 10.6. The van der Waals surface area contributed by atoms with Crippen LogP contribution < -0.4 is 5.73 Å².